The van der Waals surface area contributed by atoms with E-state index in [0.717, 1.165) is 39.3 Å². The van der Waals surface area contributed by atoms with Gasteiger partial charge in [0.25, 0.3) is 5.56 Å². The molecule has 2 heterocycles. The van der Waals surface area contributed by atoms with Gasteiger partial charge in [0.2, 0.25) is 0 Å². The minimum atomic E-state index is -0.387. The summed E-state index contributed by atoms with van der Waals surface area (Å²) >= 11 is 1.34. The van der Waals surface area contributed by atoms with Gasteiger partial charge in [-0.05, 0) is 43.3 Å². The Morgan fingerprint density at radius 3 is 2.64 bits per heavy atom. The Kier molecular flexibility index (Phi) is 7.80. The predicted molar refractivity (Wildman–Crippen MR) is 130 cm³/mol. The fourth-order valence-corrected chi connectivity index (χ4v) is 5.05. The average Bonchev–Trinajstić information content (AvgIpc) is 2.86. The molecule has 0 bridgehead atoms. The topological polar surface area (TPSA) is 74.9 Å². The van der Waals surface area contributed by atoms with E-state index >= 15 is 0 Å². The van der Waals surface area contributed by atoms with E-state index in [1.807, 2.05) is 31.2 Å². The lowest BCUT2D eigenvalue weighted by Crippen LogP contribution is -3.14. The number of ketones is 1. The summed E-state index contributed by atoms with van der Waals surface area (Å²) in [7, 11) is 1.60. The van der Waals surface area contributed by atoms with Crippen molar-refractivity contribution in [3.8, 4) is 5.75 Å². The van der Waals surface area contributed by atoms with E-state index in [0.29, 0.717) is 33.9 Å². The van der Waals surface area contributed by atoms with Crippen LogP contribution < -0.4 is 15.2 Å². The van der Waals surface area contributed by atoms with Crippen molar-refractivity contribution in [2.75, 3.05) is 40.0 Å². The van der Waals surface area contributed by atoms with Crippen molar-refractivity contribution in [2.45, 2.75) is 30.3 Å². The fourth-order valence-electron chi connectivity index (χ4n) is 4.03. The van der Waals surface area contributed by atoms with Crippen LogP contribution in [-0.2, 0) is 11.3 Å². The molecule has 7 nitrogen and oxygen atoms in total. The number of ether oxygens (including phenoxy) is 2. The summed E-state index contributed by atoms with van der Waals surface area (Å²) in [5, 5.41) is 0.808. The number of thioether (sulfide) groups is 1. The highest BCUT2D eigenvalue weighted by Crippen LogP contribution is 2.26. The number of carbonyl (C=O) groups excluding carboxylic acids is 1. The van der Waals surface area contributed by atoms with E-state index in [1.165, 1.54) is 16.7 Å². The van der Waals surface area contributed by atoms with Gasteiger partial charge in [0.15, 0.2) is 10.9 Å². The zero-order chi connectivity index (χ0) is 23.2. The van der Waals surface area contributed by atoms with Crippen LogP contribution >= 0.6 is 11.8 Å². The molecule has 0 aliphatic carbocycles. The summed E-state index contributed by atoms with van der Waals surface area (Å²) in [6.45, 7) is 7.00. The van der Waals surface area contributed by atoms with Crippen molar-refractivity contribution in [3.63, 3.8) is 0 Å². The maximum absolute atomic E-state index is 13.3. The number of methoxy groups -OCH3 is 1. The lowest BCUT2D eigenvalue weighted by atomic mass is 10.1. The summed E-state index contributed by atoms with van der Waals surface area (Å²) in [6.07, 6.45) is 0.865. The van der Waals surface area contributed by atoms with Crippen molar-refractivity contribution in [3.05, 3.63) is 64.4 Å². The van der Waals surface area contributed by atoms with Crippen LogP contribution in [0.1, 0.15) is 23.7 Å². The third-order valence-corrected chi connectivity index (χ3v) is 7.05. The number of rotatable bonds is 9. The number of aromatic nitrogens is 2. The molecule has 0 unspecified atom stereocenters. The molecule has 1 aliphatic rings. The first-order chi connectivity index (χ1) is 16.1. The third kappa shape index (κ3) is 5.63. The second-order valence-corrected chi connectivity index (χ2v) is 9.50. The van der Waals surface area contributed by atoms with Gasteiger partial charge in [-0.2, -0.15) is 0 Å². The summed E-state index contributed by atoms with van der Waals surface area (Å²) < 4.78 is 12.4. The third-order valence-electron chi connectivity index (χ3n) is 5.96. The van der Waals surface area contributed by atoms with Gasteiger partial charge < -0.3 is 14.4 Å². The van der Waals surface area contributed by atoms with Crippen LogP contribution in [0.2, 0.25) is 0 Å². The smallest absolute Gasteiger partial charge is 0.262 e. The first-order valence-electron chi connectivity index (χ1n) is 11.3. The number of morpholine rings is 1. The molecule has 8 heteroatoms. The highest BCUT2D eigenvalue weighted by atomic mass is 32.2. The summed E-state index contributed by atoms with van der Waals surface area (Å²) in [5.74, 6) is 0.702. The molecular weight excluding hydrogens is 438 g/mol. The Morgan fingerprint density at radius 2 is 1.91 bits per heavy atom. The Hall–Kier alpha value is -2.68. The van der Waals surface area contributed by atoms with Crippen LogP contribution in [0.25, 0.3) is 10.9 Å². The number of Topliss-reactive ketones (excluding diaryl/α,β-unsaturated/α-hetero) is 1. The summed E-state index contributed by atoms with van der Waals surface area (Å²) in [6, 6.07) is 14.5. The SMILES string of the molecule is COc1ccc(C(=O)[C@@H](C)Sc2nc3ccccc3c(=O)n2CCC[NH+]2CCOCC2)cc1. The quantitative estimate of drug-likeness (QED) is 0.294. The maximum Gasteiger partial charge on any atom is 0.262 e. The van der Waals surface area contributed by atoms with Gasteiger partial charge in [0.05, 0.1) is 43.0 Å². The number of hydrogen-bond donors (Lipinski definition) is 1. The second kappa shape index (κ2) is 11.0. The minimum absolute atomic E-state index is 0.00521. The number of nitrogens with zero attached hydrogens (tertiary/aromatic N) is 2. The Balaban J connectivity index is 1.55. The first kappa shape index (κ1) is 23.5. The number of carbonyl (C=O) groups is 1. The van der Waals surface area contributed by atoms with Crippen LogP contribution in [0.15, 0.2) is 58.5 Å². The van der Waals surface area contributed by atoms with Crippen LogP contribution in [0.3, 0.4) is 0 Å². The van der Waals surface area contributed by atoms with Gasteiger partial charge in [0, 0.05) is 18.5 Å². The lowest BCUT2D eigenvalue weighted by molar-refractivity contribution is -0.908. The fraction of sp³-hybridized carbons (Fsp3) is 0.400. The number of hydrogen-bond acceptors (Lipinski definition) is 6. The molecule has 1 aromatic heterocycles. The van der Waals surface area contributed by atoms with Crippen LogP contribution in [0.4, 0.5) is 0 Å². The molecule has 4 rings (SSSR count). The van der Waals surface area contributed by atoms with Gasteiger partial charge in [-0.1, -0.05) is 23.9 Å². The molecule has 1 saturated heterocycles. The van der Waals surface area contributed by atoms with E-state index in [-0.39, 0.29) is 16.6 Å². The molecule has 1 N–H and O–H groups in total. The number of quaternary nitrogens is 1. The van der Waals surface area contributed by atoms with Crippen molar-refractivity contribution in [1.82, 2.24) is 9.55 Å². The molecule has 1 fully saturated rings. The van der Waals surface area contributed by atoms with E-state index in [1.54, 1.807) is 35.9 Å². The molecule has 174 valence electrons. The van der Waals surface area contributed by atoms with Gasteiger partial charge in [-0.15, -0.1) is 0 Å². The number of fused-ring (bicyclic) bond motifs is 1. The molecule has 1 atom stereocenters. The van der Waals surface area contributed by atoms with Gasteiger partial charge >= 0.3 is 0 Å². The molecule has 3 aromatic rings. The van der Waals surface area contributed by atoms with Crippen molar-refractivity contribution in [2.24, 2.45) is 0 Å². The Morgan fingerprint density at radius 1 is 1.18 bits per heavy atom. The molecule has 0 amide bonds. The van der Waals surface area contributed by atoms with Crippen LogP contribution in [0, 0.1) is 0 Å². The first-order valence-corrected chi connectivity index (χ1v) is 12.2. The van der Waals surface area contributed by atoms with Crippen LogP contribution in [-0.4, -0.2) is 60.5 Å². The second-order valence-electron chi connectivity index (χ2n) is 8.19. The molecule has 0 saturated carbocycles. The van der Waals surface area contributed by atoms with Crippen molar-refractivity contribution in [1.29, 1.82) is 0 Å². The predicted octanol–water partition coefficient (Wildman–Crippen LogP) is 2.07. The summed E-state index contributed by atoms with van der Waals surface area (Å²) in [5.41, 5.74) is 1.22. The van der Waals surface area contributed by atoms with E-state index in [2.05, 4.69) is 0 Å². The average molecular weight is 469 g/mol. The monoisotopic (exact) mass is 468 g/mol. The van der Waals surface area contributed by atoms with E-state index in [9.17, 15) is 9.59 Å². The zero-order valence-electron chi connectivity index (χ0n) is 19.1. The van der Waals surface area contributed by atoms with Crippen LogP contribution in [0.5, 0.6) is 5.75 Å². The number of nitrogens with one attached hydrogen (secondary N) is 1. The standard InChI is InChI=1S/C25H29N3O4S/c1-18(23(29)19-8-10-20(31-2)11-9-19)33-25-26-22-7-4-3-6-21(22)24(30)28(25)13-5-12-27-14-16-32-17-15-27/h3-4,6-11,18H,5,12-17H2,1-2H3/p+1/t18-/m1/s1. The number of para-hydroxylation sites is 1. The van der Waals surface area contributed by atoms with Gasteiger partial charge in [-0.3, -0.25) is 14.2 Å². The van der Waals surface area contributed by atoms with Crippen molar-refractivity contribution < 1.29 is 19.2 Å². The molecule has 33 heavy (non-hydrogen) atoms. The normalized spacial score (nSPS) is 15.5. The number of benzene rings is 2. The van der Waals surface area contributed by atoms with Crippen molar-refractivity contribution >= 4 is 28.4 Å². The molecule has 0 spiro atoms. The molecule has 2 aromatic carbocycles. The largest absolute Gasteiger partial charge is 0.497 e. The highest BCUT2D eigenvalue weighted by molar-refractivity contribution is 8.00. The van der Waals surface area contributed by atoms with E-state index in [4.69, 9.17) is 14.5 Å². The Bertz CT molecular complexity index is 1160. The lowest BCUT2D eigenvalue weighted by Gasteiger charge is -2.24. The van der Waals surface area contributed by atoms with Gasteiger partial charge in [-0.25, -0.2) is 4.98 Å². The maximum atomic E-state index is 13.3. The van der Waals surface area contributed by atoms with Gasteiger partial charge in [0.1, 0.15) is 18.8 Å². The summed E-state index contributed by atoms with van der Waals surface area (Å²) in [4.78, 5) is 32.6. The molecule has 1 aliphatic heterocycles. The molecule has 0 radical (unpaired) electrons. The van der Waals surface area contributed by atoms with E-state index < -0.39 is 0 Å². The minimum Gasteiger partial charge on any atom is -0.497 e. The zero-order valence-corrected chi connectivity index (χ0v) is 19.9. The highest BCUT2D eigenvalue weighted by Gasteiger charge is 2.21. The molecular formula is C25H30N3O4S+. The Labute approximate surface area is 197 Å².